The SMILES string of the molecule is Cn1cnnc1Sc1ccc(C(=O)NCC2CN(Cc3ccccc3)CCO2)cc1[N+](=O)[O-]. The van der Waals surface area contributed by atoms with E-state index in [2.05, 4.69) is 32.5 Å². The van der Waals surface area contributed by atoms with Gasteiger partial charge in [0.1, 0.15) is 6.33 Å². The number of rotatable bonds is 8. The van der Waals surface area contributed by atoms with Gasteiger partial charge in [-0.25, -0.2) is 0 Å². The minimum atomic E-state index is -0.499. The fourth-order valence-electron chi connectivity index (χ4n) is 3.55. The molecule has 1 amide bonds. The summed E-state index contributed by atoms with van der Waals surface area (Å²) in [5, 5.41) is 22.7. The van der Waals surface area contributed by atoms with Gasteiger partial charge in [-0.05, 0) is 29.5 Å². The third-order valence-electron chi connectivity index (χ3n) is 5.25. The number of morpholine rings is 1. The second-order valence-corrected chi connectivity index (χ2v) is 8.70. The van der Waals surface area contributed by atoms with Crippen LogP contribution in [0.5, 0.6) is 0 Å². The molecule has 0 saturated carbocycles. The standard InChI is InChI=1S/C22H24N6O4S/c1-26-15-24-25-22(26)33-20-8-7-17(11-19(20)28(30)31)21(29)23-12-18-14-27(9-10-32-18)13-16-5-3-2-4-6-16/h2-8,11,15,18H,9-10,12-14H2,1H3,(H,23,29). The predicted molar refractivity (Wildman–Crippen MR) is 122 cm³/mol. The molecule has 172 valence electrons. The monoisotopic (exact) mass is 468 g/mol. The van der Waals surface area contributed by atoms with Crippen LogP contribution in [0.25, 0.3) is 0 Å². The average molecular weight is 469 g/mol. The Bertz CT molecular complexity index is 1120. The largest absolute Gasteiger partial charge is 0.374 e. The Labute approximate surface area is 195 Å². The number of nitro benzene ring substituents is 1. The summed E-state index contributed by atoms with van der Waals surface area (Å²) in [5.74, 6) is -0.378. The number of aryl methyl sites for hydroxylation is 1. The van der Waals surface area contributed by atoms with Crippen molar-refractivity contribution in [3.63, 3.8) is 0 Å². The van der Waals surface area contributed by atoms with Gasteiger partial charge in [0.25, 0.3) is 11.6 Å². The van der Waals surface area contributed by atoms with E-state index in [0.29, 0.717) is 29.7 Å². The number of hydrogen-bond donors (Lipinski definition) is 1. The number of carbonyl (C=O) groups excluding carboxylic acids is 1. The molecule has 1 N–H and O–H groups in total. The Balaban J connectivity index is 1.36. The molecule has 0 radical (unpaired) electrons. The van der Waals surface area contributed by atoms with E-state index in [9.17, 15) is 14.9 Å². The van der Waals surface area contributed by atoms with Crippen LogP contribution in [0, 0.1) is 10.1 Å². The molecule has 33 heavy (non-hydrogen) atoms. The van der Waals surface area contributed by atoms with Gasteiger partial charge in [-0.1, -0.05) is 30.3 Å². The summed E-state index contributed by atoms with van der Waals surface area (Å²) in [6, 6.07) is 14.6. The zero-order chi connectivity index (χ0) is 23.2. The maximum Gasteiger partial charge on any atom is 0.284 e. The molecule has 4 rings (SSSR count). The van der Waals surface area contributed by atoms with Gasteiger partial charge in [0.05, 0.1) is 22.5 Å². The van der Waals surface area contributed by atoms with Crippen molar-refractivity contribution >= 4 is 23.4 Å². The molecule has 3 aromatic rings. The number of ether oxygens (including phenoxy) is 1. The Morgan fingerprint density at radius 3 is 2.85 bits per heavy atom. The molecule has 1 aromatic heterocycles. The Morgan fingerprint density at radius 1 is 1.30 bits per heavy atom. The van der Waals surface area contributed by atoms with Crippen molar-refractivity contribution in [3.8, 4) is 0 Å². The molecule has 0 spiro atoms. The summed E-state index contributed by atoms with van der Waals surface area (Å²) in [5.41, 5.74) is 1.30. The summed E-state index contributed by atoms with van der Waals surface area (Å²) in [6.45, 7) is 3.27. The lowest BCUT2D eigenvalue weighted by atomic mass is 10.1. The van der Waals surface area contributed by atoms with Crippen molar-refractivity contribution < 1.29 is 14.5 Å². The van der Waals surface area contributed by atoms with E-state index < -0.39 is 4.92 Å². The molecule has 1 fully saturated rings. The number of nitrogens with one attached hydrogen (secondary N) is 1. The highest BCUT2D eigenvalue weighted by Gasteiger charge is 2.23. The van der Waals surface area contributed by atoms with E-state index in [-0.39, 0.29) is 23.3 Å². The Morgan fingerprint density at radius 2 is 2.12 bits per heavy atom. The number of carbonyl (C=O) groups is 1. The molecule has 1 aliphatic heterocycles. The van der Waals surface area contributed by atoms with Crippen LogP contribution in [0.1, 0.15) is 15.9 Å². The lowest BCUT2D eigenvalue weighted by Gasteiger charge is -2.33. The van der Waals surface area contributed by atoms with Crippen LogP contribution in [0.4, 0.5) is 5.69 Å². The lowest BCUT2D eigenvalue weighted by Crippen LogP contribution is -2.47. The highest BCUT2D eigenvalue weighted by atomic mass is 32.2. The number of benzene rings is 2. The number of nitro groups is 1. The van der Waals surface area contributed by atoms with Crippen molar-refractivity contribution in [1.82, 2.24) is 25.0 Å². The zero-order valence-electron chi connectivity index (χ0n) is 18.1. The second-order valence-electron chi connectivity index (χ2n) is 7.69. The van der Waals surface area contributed by atoms with Crippen LogP contribution in [-0.4, -0.2) is 62.8 Å². The summed E-state index contributed by atoms with van der Waals surface area (Å²) in [7, 11) is 1.75. The highest BCUT2D eigenvalue weighted by Crippen LogP contribution is 2.34. The molecule has 0 bridgehead atoms. The molecule has 11 heteroatoms. The molecule has 0 aliphatic carbocycles. The van der Waals surface area contributed by atoms with E-state index in [4.69, 9.17) is 4.74 Å². The van der Waals surface area contributed by atoms with E-state index in [1.54, 1.807) is 23.7 Å². The van der Waals surface area contributed by atoms with Crippen molar-refractivity contribution in [2.75, 3.05) is 26.2 Å². The molecule has 2 aromatic carbocycles. The fourth-order valence-corrected chi connectivity index (χ4v) is 4.40. The van der Waals surface area contributed by atoms with Crippen LogP contribution in [0.2, 0.25) is 0 Å². The van der Waals surface area contributed by atoms with Gasteiger partial charge in [-0.2, -0.15) is 0 Å². The van der Waals surface area contributed by atoms with Gasteiger partial charge < -0.3 is 14.6 Å². The van der Waals surface area contributed by atoms with E-state index in [1.165, 1.54) is 18.0 Å². The van der Waals surface area contributed by atoms with Gasteiger partial charge >= 0.3 is 0 Å². The van der Waals surface area contributed by atoms with E-state index in [1.807, 2.05) is 18.2 Å². The molecule has 1 atom stereocenters. The van der Waals surface area contributed by atoms with Crippen molar-refractivity contribution in [2.24, 2.45) is 7.05 Å². The minimum Gasteiger partial charge on any atom is -0.374 e. The molecule has 2 heterocycles. The normalized spacial score (nSPS) is 16.5. The minimum absolute atomic E-state index is 0.146. The van der Waals surface area contributed by atoms with Crippen LogP contribution in [-0.2, 0) is 18.3 Å². The first-order chi connectivity index (χ1) is 16.0. The maximum absolute atomic E-state index is 12.7. The molecule has 10 nitrogen and oxygen atoms in total. The zero-order valence-corrected chi connectivity index (χ0v) is 18.9. The predicted octanol–water partition coefficient (Wildman–Crippen LogP) is 2.51. The van der Waals surface area contributed by atoms with Gasteiger partial charge in [-0.3, -0.25) is 19.8 Å². The molecular weight excluding hydrogens is 444 g/mol. The van der Waals surface area contributed by atoms with Crippen LogP contribution in [0.3, 0.4) is 0 Å². The third-order valence-corrected chi connectivity index (χ3v) is 6.37. The number of nitrogens with zero attached hydrogens (tertiary/aromatic N) is 5. The van der Waals surface area contributed by atoms with Gasteiger partial charge in [0.2, 0.25) is 0 Å². The highest BCUT2D eigenvalue weighted by molar-refractivity contribution is 7.99. The summed E-state index contributed by atoms with van der Waals surface area (Å²) in [4.78, 5) is 26.5. The van der Waals surface area contributed by atoms with E-state index in [0.717, 1.165) is 24.9 Å². The van der Waals surface area contributed by atoms with Gasteiger partial charge in [0.15, 0.2) is 5.16 Å². The first kappa shape index (κ1) is 22.9. The van der Waals surface area contributed by atoms with Gasteiger partial charge in [0, 0.05) is 44.9 Å². The van der Waals surface area contributed by atoms with Crippen molar-refractivity contribution in [2.45, 2.75) is 22.7 Å². The number of amides is 1. The van der Waals surface area contributed by atoms with Crippen molar-refractivity contribution in [3.05, 3.63) is 76.1 Å². The lowest BCUT2D eigenvalue weighted by molar-refractivity contribution is -0.387. The van der Waals surface area contributed by atoms with Crippen LogP contribution >= 0.6 is 11.8 Å². The smallest absolute Gasteiger partial charge is 0.284 e. The average Bonchev–Trinajstić information content (AvgIpc) is 3.22. The van der Waals surface area contributed by atoms with Crippen molar-refractivity contribution in [1.29, 1.82) is 0 Å². The van der Waals surface area contributed by atoms with Crippen LogP contribution < -0.4 is 5.32 Å². The second kappa shape index (κ2) is 10.6. The topological polar surface area (TPSA) is 115 Å². The number of aromatic nitrogens is 3. The maximum atomic E-state index is 12.7. The quantitative estimate of drug-likeness (QED) is 0.396. The molecular formula is C22H24N6O4S. The summed E-state index contributed by atoms with van der Waals surface area (Å²) in [6.07, 6.45) is 1.37. The van der Waals surface area contributed by atoms with Gasteiger partial charge in [-0.15, -0.1) is 10.2 Å². The Kier molecular flexibility index (Phi) is 7.33. The fraction of sp³-hybridized carbons (Fsp3) is 0.318. The Hall–Kier alpha value is -3.28. The summed E-state index contributed by atoms with van der Waals surface area (Å²) >= 11 is 1.12. The molecule has 1 aliphatic rings. The van der Waals surface area contributed by atoms with E-state index >= 15 is 0 Å². The third kappa shape index (κ3) is 5.95. The van der Waals surface area contributed by atoms with Crippen LogP contribution in [0.15, 0.2) is 64.9 Å². The molecule has 1 unspecified atom stereocenters. The summed E-state index contributed by atoms with van der Waals surface area (Å²) < 4.78 is 7.47. The number of hydrogen-bond acceptors (Lipinski definition) is 8. The first-order valence-electron chi connectivity index (χ1n) is 10.5. The molecule has 1 saturated heterocycles. The first-order valence-corrected chi connectivity index (χ1v) is 11.3.